The van der Waals surface area contributed by atoms with Crippen molar-refractivity contribution in [3.05, 3.63) is 66.6 Å². The molecule has 1 N–H and O–H groups in total. The molecule has 31 heavy (non-hydrogen) atoms. The highest BCUT2D eigenvalue weighted by atomic mass is 19.1. The summed E-state index contributed by atoms with van der Waals surface area (Å²) in [6.07, 6.45) is 7.64. The molecule has 1 fully saturated rings. The van der Waals surface area contributed by atoms with Gasteiger partial charge in [-0.1, -0.05) is 0 Å². The molecule has 0 unspecified atom stereocenters. The first kappa shape index (κ1) is 20.6. The summed E-state index contributed by atoms with van der Waals surface area (Å²) in [6.45, 7) is 2.94. The van der Waals surface area contributed by atoms with Crippen LogP contribution in [0.1, 0.15) is 31.4 Å². The van der Waals surface area contributed by atoms with Crippen LogP contribution in [-0.4, -0.2) is 49.9 Å². The molecule has 0 bridgehead atoms. The number of hydrogen-bond acceptors (Lipinski definition) is 7. The SMILES string of the molecule is C[C@@H](Oc1ccc(F)cc1)C(=O)N1CCC(c2cncc(Nc3ncccn3)n2)CC1. The van der Waals surface area contributed by atoms with E-state index >= 15 is 0 Å². The second-order valence-electron chi connectivity index (χ2n) is 7.34. The Kier molecular flexibility index (Phi) is 6.30. The first-order valence-corrected chi connectivity index (χ1v) is 10.2. The van der Waals surface area contributed by atoms with E-state index in [2.05, 4.69) is 25.3 Å². The van der Waals surface area contributed by atoms with Gasteiger partial charge in [-0.2, -0.15) is 0 Å². The van der Waals surface area contributed by atoms with E-state index in [-0.39, 0.29) is 17.6 Å². The summed E-state index contributed by atoms with van der Waals surface area (Å²) in [7, 11) is 0. The number of hydrogen-bond donors (Lipinski definition) is 1. The minimum Gasteiger partial charge on any atom is -0.481 e. The second-order valence-corrected chi connectivity index (χ2v) is 7.34. The number of aromatic nitrogens is 4. The molecule has 1 aromatic carbocycles. The number of nitrogens with zero attached hydrogens (tertiary/aromatic N) is 5. The average molecular weight is 422 g/mol. The van der Waals surface area contributed by atoms with Crippen molar-refractivity contribution in [1.29, 1.82) is 0 Å². The maximum atomic E-state index is 13.0. The van der Waals surface area contributed by atoms with Gasteiger partial charge in [0.05, 0.1) is 11.9 Å². The standard InChI is InChI=1S/C22H23FN6O2/c1-15(31-18-5-3-17(23)4-6-18)21(30)29-11-7-16(8-12-29)19-13-24-14-20(27-19)28-22-25-9-2-10-26-22/h2-6,9-10,13-16H,7-8,11-12H2,1H3,(H,25,26,27,28)/t15-/m1/s1. The highest BCUT2D eigenvalue weighted by Crippen LogP contribution is 2.28. The topological polar surface area (TPSA) is 93.1 Å². The normalized spacial score (nSPS) is 15.4. The van der Waals surface area contributed by atoms with E-state index in [1.165, 1.54) is 24.3 Å². The summed E-state index contributed by atoms with van der Waals surface area (Å²) in [6, 6.07) is 7.41. The molecule has 1 aliphatic heterocycles. The third kappa shape index (κ3) is 5.30. The number of halogens is 1. The van der Waals surface area contributed by atoms with Crippen LogP contribution in [0.4, 0.5) is 16.2 Å². The highest BCUT2D eigenvalue weighted by Gasteiger charge is 2.28. The fourth-order valence-corrected chi connectivity index (χ4v) is 3.54. The van der Waals surface area contributed by atoms with Gasteiger partial charge in [-0.15, -0.1) is 0 Å². The van der Waals surface area contributed by atoms with Gasteiger partial charge in [0, 0.05) is 37.6 Å². The fraction of sp³-hybridized carbons (Fsp3) is 0.318. The molecule has 8 nitrogen and oxygen atoms in total. The van der Waals surface area contributed by atoms with Crippen molar-refractivity contribution in [3.63, 3.8) is 0 Å². The second kappa shape index (κ2) is 9.46. The molecule has 160 valence electrons. The Balaban J connectivity index is 1.32. The third-order valence-electron chi connectivity index (χ3n) is 5.16. The van der Waals surface area contributed by atoms with Crippen molar-refractivity contribution in [2.45, 2.75) is 31.8 Å². The molecule has 1 atom stereocenters. The Hall–Kier alpha value is -3.62. The van der Waals surface area contributed by atoms with Crippen molar-refractivity contribution < 1.29 is 13.9 Å². The minimum absolute atomic E-state index is 0.0782. The molecule has 2 aromatic heterocycles. The van der Waals surface area contributed by atoms with E-state index in [1.54, 1.807) is 42.7 Å². The van der Waals surface area contributed by atoms with E-state index in [9.17, 15) is 9.18 Å². The lowest BCUT2D eigenvalue weighted by Gasteiger charge is -2.33. The first-order valence-electron chi connectivity index (χ1n) is 10.2. The highest BCUT2D eigenvalue weighted by molar-refractivity contribution is 5.81. The van der Waals surface area contributed by atoms with Gasteiger partial charge in [0.2, 0.25) is 5.95 Å². The number of carbonyl (C=O) groups is 1. The van der Waals surface area contributed by atoms with Crippen LogP contribution >= 0.6 is 0 Å². The van der Waals surface area contributed by atoms with Crippen LogP contribution in [0.25, 0.3) is 0 Å². The quantitative estimate of drug-likeness (QED) is 0.651. The Morgan fingerprint density at radius 1 is 1.16 bits per heavy atom. The third-order valence-corrected chi connectivity index (χ3v) is 5.16. The van der Waals surface area contributed by atoms with Gasteiger partial charge < -0.3 is 15.0 Å². The summed E-state index contributed by atoms with van der Waals surface area (Å²) in [5.74, 6) is 1.31. The van der Waals surface area contributed by atoms with Gasteiger partial charge in [0.1, 0.15) is 11.6 Å². The summed E-state index contributed by atoms with van der Waals surface area (Å²) in [5, 5.41) is 3.05. The maximum Gasteiger partial charge on any atom is 0.263 e. The molecular formula is C22H23FN6O2. The average Bonchev–Trinajstić information content (AvgIpc) is 2.81. The molecule has 3 heterocycles. The number of rotatable bonds is 6. The molecule has 0 saturated carbocycles. The summed E-state index contributed by atoms with van der Waals surface area (Å²) >= 11 is 0. The number of anilines is 2. The van der Waals surface area contributed by atoms with Gasteiger partial charge in [0.15, 0.2) is 11.9 Å². The number of nitrogens with one attached hydrogen (secondary N) is 1. The molecule has 4 rings (SSSR count). The van der Waals surface area contributed by atoms with Crippen LogP contribution < -0.4 is 10.1 Å². The van der Waals surface area contributed by atoms with Crippen LogP contribution in [0, 0.1) is 5.82 Å². The van der Waals surface area contributed by atoms with Crippen LogP contribution in [0.3, 0.4) is 0 Å². The van der Waals surface area contributed by atoms with Crippen molar-refractivity contribution in [2.24, 2.45) is 0 Å². The smallest absolute Gasteiger partial charge is 0.263 e. The van der Waals surface area contributed by atoms with Crippen molar-refractivity contribution >= 4 is 17.7 Å². The Bertz CT molecular complexity index is 1010. The van der Waals surface area contributed by atoms with Crippen molar-refractivity contribution in [1.82, 2.24) is 24.8 Å². The van der Waals surface area contributed by atoms with E-state index in [0.29, 0.717) is 30.6 Å². The zero-order valence-electron chi connectivity index (χ0n) is 17.1. The lowest BCUT2D eigenvalue weighted by molar-refractivity contribution is -0.139. The van der Waals surface area contributed by atoms with Crippen LogP contribution in [0.15, 0.2) is 55.1 Å². The van der Waals surface area contributed by atoms with Gasteiger partial charge in [-0.25, -0.2) is 19.3 Å². The lowest BCUT2D eigenvalue weighted by atomic mass is 9.93. The Morgan fingerprint density at radius 3 is 2.58 bits per heavy atom. The summed E-state index contributed by atoms with van der Waals surface area (Å²) in [4.78, 5) is 31.7. The van der Waals surface area contributed by atoms with Crippen LogP contribution in [0.2, 0.25) is 0 Å². The maximum absolute atomic E-state index is 13.0. The molecule has 0 spiro atoms. The molecular weight excluding hydrogens is 399 g/mol. The van der Waals surface area contributed by atoms with Crippen LogP contribution in [0.5, 0.6) is 5.75 Å². The molecule has 0 radical (unpaired) electrons. The number of piperidine rings is 1. The van der Waals surface area contributed by atoms with E-state index in [4.69, 9.17) is 4.74 Å². The fourth-order valence-electron chi connectivity index (χ4n) is 3.54. The number of carbonyl (C=O) groups excluding carboxylic acids is 1. The van der Waals surface area contributed by atoms with Crippen molar-refractivity contribution in [2.75, 3.05) is 18.4 Å². The molecule has 1 saturated heterocycles. The number of likely N-dealkylation sites (tertiary alicyclic amines) is 1. The number of benzene rings is 1. The molecule has 3 aromatic rings. The van der Waals surface area contributed by atoms with E-state index in [0.717, 1.165) is 18.5 Å². The predicted molar refractivity (Wildman–Crippen MR) is 112 cm³/mol. The zero-order valence-corrected chi connectivity index (χ0v) is 17.1. The molecule has 1 aliphatic rings. The Labute approximate surface area is 179 Å². The molecule has 1 amide bonds. The lowest BCUT2D eigenvalue weighted by Crippen LogP contribution is -2.44. The predicted octanol–water partition coefficient (Wildman–Crippen LogP) is 3.32. The number of amides is 1. The Morgan fingerprint density at radius 2 is 1.87 bits per heavy atom. The minimum atomic E-state index is -0.639. The molecule has 0 aliphatic carbocycles. The number of ether oxygens (including phenoxy) is 1. The first-order chi connectivity index (χ1) is 15.1. The monoisotopic (exact) mass is 422 g/mol. The molecule has 9 heteroatoms. The van der Waals surface area contributed by atoms with Gasteiger partial charge in [-0.05, 0) is 50.1 Å². The van der Waals surface area contributed by atoms with E-state index < -0.39 is 6.10 Å². The van der Waals surface area contributed by atoms with Crippen LogP contribution in [-0.2, 0) is 4.79 Å². The largest absolute Gasteiger partial charge is 0.481 e. The summed E-state index contributed by atoms with van der Waals surface area (Å²) in [5.41, 5.74) is 0.878. The van der Waals surface area contributed by atoms with Gasteiger partial charge in [0.25, 0.3) is 5.91 Å². The van der Waals surface area contributed by atoms with Crippen molar-refractivity contribution in [3.8, 4) is 5.75 Å². The van der Waals surface area contributed by atoms with Gasteiger partial charge >= 0.3 is 0 Å². The van der Waals surface area contributed by atoms with Gasteiger partial charge in [-0.3, -0.25) is 9.78 Å². The zero-order chi connectivity index (χ0) is 21.6. The van der Waals surface area contributed by atoms with E-state index in [1.807, 2.05) is 0 Å². The summed E-state index contributed by atoms with van der Waals surface area (Å²) < 4.78 is 18.7.